The Morgan fingerprint density at radius 1 is 0.449 bits per heavy atom. The van der Waals surface area contributed by atoms with E-state index in [1.54, 1.807) is 43.9 Å². The van der Waals surface area contributed by atoms with Gasteiger partial charge in [0, 0.05) is 28.5 Å². The number of pyridine rings is 2. The zero-order chi connectivity index (χ0) is 53.2. The van der Waals surface area contributed by atoms with Gasteiger partial charge in [0.1, 0.15) is 11.5 Å². The van der Waals surface area contributed by atoms with E-state index in [4.69, 9.17) is 31.1 Å². The van der Waals surface area contributed by atoms with Crippen molar-refractivity contribution in [1.82, 2.24) is 9.97 Å². The van der Waals surface area contributed by atoms with Gasteiger partial charge in [0.15, 0.2) is 0 Å². The molecule has 10 aromatic rings. The maximum Gasteiger partial charge on any atom is 0.488 e. The third kappa shape index (κ3) is 14.9. The van der Waals surface area contributed by atoms with Crippen LogP contribution in [0.1, 0.15) is 71.6 Å². The molecule has 0 aliphatic heterocycles. The Hall–Kier alpha value is -7.12. The van der Waals surface area contributed by atoms with Crippen molar-refractivity contribution in [2.75, 3.05) is 14.2 Å². The number of rotatable bonds is 10. The molecule has 8 aromatic carbocycles. The average molecular weight is 1070 g/mol. The van der Waals surface area contributed by atoms with Gasteiger partial charge in [-0.15, -0.1) is 0 Å². The molecule has 0 saturated heterocycles. The summed E-state index contributed by atoms with van der Waals surface area (Å²) in [5, 5.41) is 24.8. The molecular formula is C69H71BClN2O4P. The summed E-state index contributed by atoms with van der Waals surface area (Å²) >= 11 is 5.85. The summed E-state index contributed by atoms with van der Waals surface area (Å²) in [6.45, 7) is 0. The molecule has 2 fully saturated rings. The summed E-state index contributed by atoms with van der Waals surface area (Å²) in [5.74, 6) is 1.83. The van der Waals surface area contributed by atoms with E-state index in [0.29, 0.717) is 10.5 Å². The lowest BCUT2D eigenvalue weighted by molar-refractivity contribution is 0.397. The molecule has 2 aliphatic rings. The van der Waals surface area contributed by atoms with Crippen LogP contribution in [0.4, 0.5) is 0 Å². The number of methoxy groups -OCH3 is 2. The van der Waals surface area contributed by atoms with Crippen LogP contribution in [0.15, 0.2) is 225 Å². The topological polar surface area (TPSA) is 84.7 Å². The van der Waals surface area contributed by atoms with Gasteiger partial charge in [0.2, 0.25) is 0 Å². The highest BCUT2D eigenvalue weighted by Crippen LogP contribution is 2.57. The number of hydrogen-bond acceptors (Lipinski definition) is 6. The predicted molar refractivity (Wildman–Crippen MR) is 333 cm³/mol. The summed E-state index contributed by atoms with van der Waals surface area (Å²) in [5.41, 5.74) is 11.3. The van der Waals surface area contributed by atoms with Gasteiger partial charge in [0.25, 0.3) is 0 Å². The van der Waals surface area contributed by atoms with Gasteiger partial charge in [0.05, 0.1) is 31.2 Å². The Kier molecular flexibility index (Phi) is 21.2. The molecule has 2 aliphatic carbocycles. The van der Waals surface area contributed by atoms with Gasteiger partial charge < -0.3 is 19.5 Å². The third-order valence-electron chi connectivity index (χ3n) is 14.6. The van der Waals surface area contributed by atoms with Gasteiger partial charge in [-0.1, -0.05) is 235 Å². The molecule has 0 unspecified atom stereocenters. The Labute approximate surface area is 469 Å². The van der Waals surface area contributed by atoms with Crippen LogP contribution in [0.3, 0.4) is 0 Å². The van der Waals surface area contributed by atoms with E-state index in [-0.39, 0.29) is 15.3 Å². The Bertz CT molecular complexity index is 3400. The number of nitrogens with zero attached hydrogens (tertiary/aromatic N) is 2. The molecule has 396 valence electrons. The SMILES string of the molecule is C.COc1cccc(OC)c1-c1ccccc1P(C1CCCCC1)C1CCCCC1.Clc1ccnc(-c2ccccc2)c1.OB(O)c1ccc2ccccc2c1.c1ccc(-c2cc(-c3ccc4ccccc4c3)ccn2)cc1. The first kappa shape index (κ1) is 57.1. The highest BCUT2D eigenvalue weighted by molar-refractivity contribution is 7.67. The van der Waals surface area contributed by atoms with E-state index >= 15 is 0 Å². The van der Waals surface area contributed by atoms with Crippen LogP contribution in [0.25, 0.3) is 66.3 Å². The van der Waals surface area contributed by atoms with Crippen LogP contribution in [-0.2, 0) is 0 Å². The summed E-state index contributed by atoms with van der Waals surface area (Å²) in [4.78, 5) is 8.72. The molecule has 9 heteroatoms. The van der Waals surface area contributed by atoms with Crippen LogP contribution in [0.5, 0.6) is 11.5 Å². The lowest BCUT2D eigenvalue weighted by atomic mass is 9.79. The predicted octanol–water partition coefficient (Wildman–Crippen LogP) is 17.3. The zero-order valence-corrected chi connectivity index (χ0v) is 45.7. The molecule has 2 aromatic heterocycles. The van der Waals surface area contributed by atoms with E-state index in [2.05, 4.69) is 113 Å². The molecule has 0 spiro atoms. The van der Waals surface area contributed by atoms with Crippen molar-refractivity contribution in [2.45, 2.75) is 83.0 Å². The number of benzene rings is 8. The number of aromatic nitrogens is 2. The first-order chi connectivity index (χ1) is 37.9. The van der Waals surface area contributed by atoms with Crippen LogP contribution >= 0.6 is 19.5 Å². The third-order valence-corrected chi connectivity index (χ3v) is 18.4. The standard InChI is InChI=1S/C26H35O2P.C21H15N.C11H8ClN.C10H9BO2.CH4/c1-27-23-17-11-18-24(28-2)26(23)22-16-9-10-19-25(22)29(20-12-5-3-6-13-20)21-14-7-4-8-15-21;1-2-7-17(8-3-1)21-15-20(12-13-22-21)19-11-10-16-6-4-5-9-18(16)14-19;12-10-6-7-13-11(8-10)9-4-2-1-3-5-9;12-11(13)10-6-5-8-3-1-2-4-9(8)7-10;/h9-11,16-21H,3-8,12-15H2,1-2H3;1-15H;1-8H;1-7,12-13H;1H4. The minimum absolute atomic E-state index is 0. The fraction of sp³-hybridized carbons (Fsp3) is 0.217. The molecule has 0 atom stereocenters. The largest absolute Gasteiger partial charge is 0.496 e. The first-order valence-corrected chi connectivity index (χ1v) is 28.8. The van der Waals surface area contributed by atoms with Crippen molar-refractivity contribution in [3.05, 3.63) is 230 Å². The Morgan fingerprint density at radius 3 is 1.47 bits per heavy atom. The molecule has 2 saturated carbocycles. The van der Waals surface area contributed by atoms with E-state index in [0.717, 1.165) is 61.7 Å². The lowest BCUT2D eigenvalue weighted by Crippen LogP contribution is -2.29. The maximum atomic E-state index is 8.94. The average Bonchev–Trinajstić information content (AvgIpc) is 3.60. The van der Waals surface area contributed by atoms with E-state index in [1.807, 2.05) is 97.2 Å². The Balaban J connectivity index is 0.000000145. The van der Waals surface area contributed by atoms with Crippen molar-refractivity contribution in [2.24, 2.45) is 0 Å². The normalized spacial score (nSPS) is 13.4. The molecule has 2 heterocycles. The quantitative estimate of drug-likeness (QED) is 0.105. The van der Waals surface area contributed by atoms with Crippen LogP contribution < -0.4 is 20.2 Å². The maximum absolute atomic E-state index is 8.94. The van der Waals surface area contributed by atoms with E-state index in [9.17, 15) is 0 Å². The smallest absolute Gasteiger partial charge is 0.488 e. The van der Waals surface area contributed by atoms with E-state index in [1.165, 1.54) is 91.7 Å². The van der Waals surface area contributed by atoms with Crippen molar-refractivity contribution < 1.29 is 19.5 Å². The Morgan fingerprint density at radius 2 is 0.923 bits per heavy atom. The summed E-state index contributed by atoms with van der Waals surface area (Å²) in [6, 6.07) is 71.6. The van der Waals surface area contributed by atoms with Crippen LogP contribution in [0.2, 0.25) is 5.02 Å². The lowest BCUT2D eigenvalue weighted by Gasteiger charge is -2.39. The fourth-order valence-corrected chi connectivity index (χ4v) is 14.8. The minimum atomic E-state index is -1.38. The van der Waals surface area contributed by atoms with Crippen molar-refractivity contribution in [3.8, 4) is 56.3 Å². The second-order valence-corrected chi connectivity index (χ2v) is 22.8. The number of fused-ring (bicyclic) bond motifs is 2. The van der Waals surface area contributed by atoms with Gasteiger partial charge in [-0.05, 0) is 128 Å². The summed E-state index contributed by atoms with van der Waals surface area (Å²) < 4.78 is 11.6. The van der Waals surface area contributed by atoms with E-state index < -0.39 is 7.12 Å². The van der Waals surface area contributed by atoms with Gasteiger partial charge in [-0.25, -0.2) is 0 Å². The molecule has 0 radical (unpaired) electrons. The highest BCUT2D eigenvalue weighted by atomic mass is 35.5. The van der Waals surface area contributed by atoms with Crippen molar-refractivity contribution >= 4 is 59.0 Å². The molecule has 0 bridgehead atoms. The molecule has 78 heavy (non-hydrogen) atoms. The number of hydrogen-bond donors (Lipinski definition) is 2. The van der Waals surface area contributed by atoms with Gasteiger partial charge in [-0.3, -0.25) is 9.97 Å². The van der Waals surface area contributed by atoms with Crippen molar-refractivity contribution in [3.63, 3.8) is 0 Å². The summed E-state index contributed by atoms with van der Waals surface area (Å²) in [7, 11) is 1.97. The molecular weight excluding hydrogens is 998 g/mol. The summed E-state index contributed by atoms with van der Waals surface area (Å²) in [6.07, 6.45) is 17.8. The number of halogens is 1. The molecule has 0 amide bonds. The van der Waals surface area contributed by atoms with Crippen LogP contribution in [-0.4, -0.2) is 52.7 Å². The van der Waals surface area contributed by atoms with Gasteiger partial charge >= 0.3 is 7.12 Å². The van der Waals surface area contributed by atoms with Gasteiger partial charge in [-0.2, -0.15) is 0 Å². The highest BCUT2D eigenvalue weighted by Gasteiger charge is 2.34. The second kappa shape index (κ2) is 29.0. The van der Waals surface area contributed by atoms with Crippen LogP contribution in [0, 0.1) is 0 Å². The first-order valence-electron chi connectivity index (χ1n) is 27.0. The van der Waals surface area contributed by atoms with Crippen molar-refractivity contribution in [1.29, 1.82) is 0 Å². The number of ether oxygens (including phenoxy) is 2. The molecule has 2 N–H and O–H groups in total. The second-order valence-electron chi connectivity index (χ2n) is 19.6. The molecule has 12 rings (SSSR count). The minimum Gasteiger partial charge on any atom is -0.496 e. The molecule has 6 nitrogen and oxygen atoms in total. The zero-order valence-electron chi connectivity index (χ0n) is 44.1. The monoisotopic (exact) mass is 1070 g/mol. The fourth-order valence-electron chi connectivity index (χ4n) is 10.7.